The molecule has 0 spiro atoms. The Balaban J connectivity index is 2.52. The number of hydrogen-bond donors (Lipinski definition) is 3. The van der Waals surface area contributed by atoms with Crippen molar-refractivity contribution in [1.82, 2.24) is 0 Å². The van der Waals surface area contributed by atoms with Crippen molar-refractivity contribution in [1.29, 1.82) is 0 Å². The van der Waals surface area contributed by atoms with Crippen LogP contribution in [0.3, 0.4) is 0 Å². The highest BCUT2D eigenvalue weighted by Gasteiger charge is 2.01. The molecule has 0 fully saturated rings. The first-order valence-electron chi connectivity index (χ1n) is 5.30. The van der Waals surface area contributed by atoms with Gasteiger partial charge in [-0.3, -0.25) is 0 Å². The first-order valence-corrected chi connectivity index (χ1v) is 5.30. The number of rotatable bonds is 5. The van der Waals surface area contributed by atoms with Crippen LogP contribution in [0.2, 0.25) is 0 Å². The van der Waals surface area contributed by atoms with E-state index in [4.69, 9.17) is 5.11 Å². The monoisotopic (exact) mass is 209 g/mol. The van der Waals surface area contributed by atoms with Gasteiger partial charge in [-0.2, -0.15) is 0 Å². The smallest absolute Gasteiger partial charge is 0.123 e. The number of aromatic hydroxyl groups is 1. The summed E-state index contributed by atoms with van der Waals surface area (Å²) in [4.78, 5) is 0. The molecule has 0 saturated heterocycles. The molecule has 0 aliphatic heterocycles. The summed E-state index contributed by atoms with van der Waals surface area (Å²) in [6, 6.07) is 5.24. The summed E-state index contributed by atoms with van der Waals surface area (Å²) in [7, 11) is 0. The second-order valence-electron chi connectivity index (χ2n) is 4.11. The Hall–Kier alpha value is -1.22. The molecule has 0 saturated carbocycles. The van der Waals surface area contributed by atoms with Crippen molar-refractivity contribution >= 4 is 5.69 Å². The van der Waals surface area contributed by atoms with E-state index in [9.17, 15) is 5.11 Å². The quantitative estimate of drug-likeness (QED) is 0.697. The maximum Gasteiger partial charge on any atom is 0.123 e. The molecule has 15 heavy (non-hydrogen) atoms. The highest BCUT2D eigenvalue weighted by atomic mass is 16.3. The van der Waals surface area contributed by atoms with Crippen LogP contribution in [-0.2, 0) is 6.61 Å². The Morgan fingerprint density at radius 3 is 2.60 bits per heavy atom. The maximum absolute atomic E-state index is 9.50. The van der Waals surface area contributed by atoms with Gasteiger partial charge in [-0.05, 0) is 18.4 Å². The zero-order chi connectivity index (χ0) is 11.3. The normalized spacial score (nSPS) is 10.7. The largest absolute Gasteiger partial charge is 0.508 e. The Bertz CT molecular complexity index is 310. The molecule has 0 bridgehead atoms. The van der Waals surface area contributed by atoms with E-state index in [1.807, 2.05) is 6.07 Å². The zero-order valence-corrected chi connectivity index (χ0v) is 9.33. The summed E-state index contributed by atoms with van der Waals surface area (Å²) in [6.45, 7) is 5.12. The third-order valence-electron chi connectivity index (χ3n) is 2.31. The number of nitrogens with one attached hydrogen (secondary N) is 1. The lowest BCUT2D eigenvalue weighted by atomic mass is 10.1. The third-order valence-corrected chi connectivity index (χ3v) is 2.31. The Morgan fingerprint density at radius 1 is 1.33 bits per heavy atom. The molecule has 1 aromatic carbocycles. The molecule has 0 atom stereocenters. The van der Waals surface area contributed by atoms with Gasteiger partial charge in [0.15, 0.2) is 0 Å². The molecule has 0 amide bonds. The molecule has 0 radical (unpaired) electrons. The van der Waals surface area contributed by atoms with Crippen LogP contribution < -0.4 is 5.32 Å². The maximum atomic E-state index is 9.50. The van der Waals surface area contributed by atoms with Crippen LogP contribution in [0.25, 0.3) is 0 Å². The summed E-state index contributed by atoms with van der Waals surface area (Å²) in [5.41, 5.74) is 1.45. The molecular formula is C12H19NO2. The number of benzene rings is 1. The zero-order valence-electron chi connectivity index (χ0n) is 9.33. The molecule has 1 rings (SSSR count). The van der Waals surface area contributed by atoms with E-state index in [2.05, 4.69) is 19.2 Å². The summed E-state index contributed by atoms with van der Waals surface area (Å²) in [5.74, 6) is 0.815. The number of phenols is 1. The first kappa shape index (κ1) is 11.9. The predicted octanol–water partition coefficient (Wildman–Crippen LogP) is 2.34. The average molecular weight is 209 g/mol. The summed E-state index contributed by atoms with van der Waals surface area (Å²) in [6.07, 6.45) is 1.10. The van der Waals surface area contributed by atoms with E-state index in [-0.39, 0.29) is 12.4 Å². The van der Waals surface area contributed by atoms with Crippen molar-refractivity contribution in [3.05, 3.63) is 23.8 Å². The van der Waals surface area contributed by atoms with Crippen LogP contribution in [0, 0.1) is 5.92 Å². The minimum Gasteiger partial charge on any atom is -0.508 e. The van der Waals surface area contributed by atoms with Gasteiger partial charge in [-0.1, -0.05) is 19.9 Å². The third kappa shape index (κ3) is 3.80. The summed E-state index contributed by atoms with van der Waals surface area (Å²) >= 11 is 0. The van der Waals surface area contributed by atoms with Crippen molar-refractivity contribution in [2.75, 3.05) is 11.9 Å². The summed E-state index contributed by atoms with van der Waals surface area (Å²) in [5, 5.41) is 21.6. The molecule has 3 N–H and O–H groups in total. The van der Waals surface area contributed by atoms with Gasteiger partial charge >= 0.3 is 0 Å². The van der Waals surface area contributed by atoms with E-state index < -0.39 is 0 Å². The van der Waals surface area contributed by atoms with Crippen molar-refractivity contribution in [3.63, 3.8) is 0 Å². The van der Waals surface area contributed by atoms with Crippen molar-refractivity contribution < 1.29 is 10.2 Å². The van der Waals surface area contributed by atoms with Crippen LogP contribution >= 0.6 is 0 Å². The van der Waals surface area contributed by atoms with Crippen LogP contribution in [-0.4, -0.2) is 16.8 Å². The van der Waals surface area contributed by atoms with Crippen molar-refractivity contribution in [3.8, 4) is 5.75 Å². The molecule has 0 heterocycles. The van der Waals surface area contributed by atoms with Gasteiger partial charge in [0, 0.05) is 23.9 Å². The minimum atomic E-state index is -0.127. The molecule has 1 aromatic rings. The van der Waals surface area contributed by atoms with E-state index in [0.29, 0.717) is 11.5 Å². The van der Waals surface area contributed by atoms with Gasteiger partial charge in [-0.25, -0.2) is 0 Å². The molecule has 0 unspecified atom stereocenters. The van der Waals surface area contributed by atoms with Gasteiger partial charge in [0.1, 0.15) is 5.75 Å². The standard InChI is InChI=1S/C12H19NO2/c1-9(2)5-6-13-11-4-3-10(8-14)12(15)7-11/h3-4,7,9,13-15H,5-6,8H2,1-2H3. The number of anilines is 1. The lowest BCUT2D eigenvalue weighted by Gasteiger charge is -2.09. The molecule has 3 heteroatoms. The number of hydrogen-bond acceptors (Lipinski definition) is 3. The number of aliphatic hydroxyl groups is 1. The van der Waals surface area contributed by atoms with Crippen molar-refractivity contribution in [2.24, 2.45) is 5.92 Å². The SMILES string of the molecule is CC(C)CCNc1ccc(CO)c(O)c1. The Morgan fingerprint density at radius 2 is 2.07 bits per heavy atom. The topological polar surface area (TPSA) is 52.5 Å². The Kier molecular flexibility index (Phi) is 4.43. The van der Waals surface area contributed by atoms with Gasteiger partial charge in [0.05, 0.1) is 6.61 Å². The van der Waals surface area contributed by atoms with E-state index >= 15 is 0 Å². The fraction of sp³-hybridized carbons (Fsp3) is 0.500. The molecule has 84 valence electrons. The second-order valence-corrected chi connectivity index (χ2v) is 4.11. The minimum absolute atomic E-state index is 0.127. The van der Waals surface area contributed by atoms with E-state index in [1.54, 1.807) is 12.1 Å². The molecule has 0 aliphatic rings. The Labute approximate surface area is 90.8 Å². The molecule has 0 aliphatic carbocycles. The van der Waals surface area contributed by atoms with Crippen LogP contribution in [0.4, 0.5) is 5.69 Å². The molecule has 0 aromatic heterocycles. The predicted molar refractivity (Wildman–Crippen MR) is 62.0 cm³/mol. The lowest BCUT2D eigenvalue weighted by molar-refractivity contribution is 0.275. The van der Waals surface area contributed by atoms with Gasteiger partial charge in [-0.15, -0.1) is 0 Å². The molecule has 3 nitrogen and oxygen atoms in total. The fourth-order valence-corrected chi connectivity index (χ4v) is 1.31. The van der Waals surface area contributed by atoms with Crippen LogP contribution in [0.1, 0.15) is 25.8 Å². The van der Waals surface area contributed by atoms with E-state index in [0.717, 1.165) is 18.7 Å². The van der Waals surface area contributed by atoms with Gasteiger partial charge in [0.2, 0.25) is 0 Å². The van der Waals surface area contributed by atoms with Gasteiger partial charge < -0.3 is 15.5 Å². The van der Waals surface area contributed by atoms with Crippen molar-refractivity contribution in [2.45, 2.75) is 26.9 Å². The highest BCUT2D eigenvalue weighted by molar-refractivity contribution is 5.51. The van der Waals surface area contributed by atoms with Crippen LogP contribution in [0.15, 0.2) is 18.2 Å². The average Bonchev–Trinajstić information content (AvgIpc) is 2.17. The van der Waals surface area contributed by atoms with Gasteiger partial charge in [0.25, 0.3) is 0 Å². The van der Waals surface area contributed by atoms with E-state index in [1.165, 1.54) is 0 Å². The lowest BCUT2D eigenvalue weighted by Crippen LogP contribution is -2.04. The first-order chi connectivity index (χ1) is 7.13. The highest BCUT2D eigenvalue weighted by Crippen LogP contribution is 2.21. The number of aliphatic hydroxyl groups excluding tert-OH is 1. The molecular weight excluding hydrogens is 190 g/mol. The second kappa shape index (κ2) is 5.61. The fourth-order valence-electron chi connectivity index (χ4n) is 1.31. The van der Waals surface area contributed by atoms with Crippen LogP contribution in [0.5, 0.6) is 5.75 Å². The summed E-state index contributed by atoms with van der Waals surface area (Å²) < 4.78 is 0.